The summed E-state index contributed by atoms with van der Waals surface area (Å²) in [6.07, 6.45) is -4.45. The molecule has 0 aromatic rings. The lowest BCUT2D eigenvalue weighted by molar-refractivity contribution is -0.331. The van der Waals surface area contributed by atoms with Gasteiger partial charge in [-0.3, -0.25) is 0 Å². The summed E-state index contributed by atoms with van der Waals surface area (Å²) >= 11 is 0. The van der Waals surface area contributed by atoms with Gasteiger partial charge in [-0.15, -0.1) is 0 Å². The summed E-state index contributed by atoms with van der Waals surface area (Å²) in [7, 11) is 0. The molecule has 1 fully saturated rings. The molecule has 9 N–H and O–H groups in total. The molecule has 0 radical (unpaired) electrons. The molecule has 0 saturated carbocycles. The maximum Gasteiger partial charge on any atom is 0.218 e. The van der Waals surface area contributed by atoms with Crippen LogP contribution in [-0.2, 0) is 4.74 Å². The first-order valence-electron chi connectivity index (χ1n) is 3.52. The Balaban J connectivity index is 0. The van der Waals surface area contributed by atoms with Gasteiger partial charge in [0.15, 0.2) is 0 Å². The van der Waals surface area contributed by atoms with Gasteiger partial charge in [0, 0.05) is 0 Å². The minimum absolute atomic E-state index is 0. The van der Waals surface area contributed by atoms with E-state index in [1.165, 1.54) is 0 Å². The molecular weight excluding hydrogens is 200 g/mol. The summed E-state index contributed by atoms with van der Waals surface area (Å²) in [5, 5.41) is 45.0. The van der Waals surface area contributed by atoms with Crippen molar-refractivity contribution in [1.82, 2.24) is 0 Å². The highest BCUT2D eigenvalue weighted by molar-refractivity contribution is 4.90. The van der Waals surface area contributed by atoms with E-state index in [4.69, 9.17) is 20.4 Å². The predicted octanol–water partition coefficient (Wildman–Crippen LogP) is -4.87. The van der Waals surface area contributed by atoms with Crippen LogP contribution in [0.3, 0.4) is 0 Å². The van der Waals surface area contributed by atoms with Crippen LogP contribution in [0.4, 0.5) is 0 Å². The number of rotatable bonds is 1. The Morgan fingerprint density at radius 3 is 2.14 bits per heavy atom. The van der Waals surface area contributed by atoms with Gasteiger partial charge < -0.3 is 41.2 Å². The van der Waals surface area contributed by atoms with Gasteiger partial charge in [-0.1, -0.05) is 0 Å². The van der Waals surface area contributed by atoms with Crippen LogP contribution in [-0.4, -0.2) is 73.8 Å². The summed E-state index contributed by atoms with van der Waals surface area (Å²) in [5.41, 5.74) is 0. The van der Waals surface area contributed by atoms with E-state index in [2.05, 4.69) is 4.74 Å². The van der Waals surface area contributed by atoms with E-state index in [0.29, 0.717) is 0 Å². The zero-order valence-electron chi connectivity index (χ0n) is 7.29. The molecule has 8 nitrogen and oxygen atoms in total. The number of ether oxygens (including phenoxy) is 1. The van der Waals surface area contributed by atoms with Gasteiger partial charge in [-0.2, -0.15) is 0 Å². The summed E-state index contributed by atoms with van der Waals surface area (Å²) < 4.78 is 4.56. The molecule has 0 amide bonds. The van der Waals surface area contributed by atoms with Crippen LogP contribution in [0.2, 0.25) is 0 Å². The monoisotopic (exact) mass is 216 g/mol. The van der Waals surface area contributed by atoms with Crippen molar-refractivity contribution >= 4 is 0 Å². The Morgan fingerprint density at radius 2 is 1.71 bits per heavy atom. The fourth-order valence-corrected chi connectivity index (χ4v) is 1.03. The van der Waals surface area contributed by atoms with E-state index in [9.17, 15) is 5.11 Å². The molecule has 4 atom stereocenters. The molecule has 8 heteroatoms. The Kier molecular flexibility index (Phi) is 6.37. The largest absolute Gasteiger partial charge is 0.412 e. The Bertz CT molecular complexity index is 164. The minimum Gasteiger partial charge on any atom is -0.412 e. The second kappa shape index (κ2) is 5.53. The van der Waals surface area contributed by atoms with Crippen LogP contribution >= 0.6 is 0 Å². The standard InChI is InChI=1S/C6H12O6.2H2O/c7-2-6(11)5(10)4(9)3(8)1-12-6;;/h3-5,7-11H,1-2H2;2*1H2/t3-,4+,5+,6?;;/m1../s1. The van der Waals surface area contributed by atoms with Crippen LogP contribution < -0.4 is 0 Å². The molecule has 1 heterocycles. The maximum absolute atomic E-state index is 9.24. The Labute approximate surface area is 79.6 Å². The molecule has 1 aliphatic rings. The van der Waals surface area contributed by atoms with Crippen LogP contribution in [0.15, 0.2) is 0 Å². The zero-order valence-corrected chi connectivity index (χ0v) is 7.29. The van der Waals surface area contributed by atoms with E-state index in [1.807, 2.05) is 0 Å². The summed E-state index contributed by atoms with van der Waals surface area (Å²) in [5.74, 6) is -2.17. The molecular formula is C6H16O8. The fourth-order valence-electron chi connectivity index (χ4n) is 1.03. The highest BCUT2D eigenvalue weighted by Crippen LogP contribution is 2.22. The first-order chi connectivity index (χ1) is 5.51. The minimum atomic E-state index is -2.17. The third-order valence-electron chi connectivity index (χ3n) is 1.91. The highest BCUT2D eigenvalue weighted by Gasteiger charge is 2.47. The first kappa shape index (κ1) is 16.1. The lowest BCUT2D eigenvalue weighted by atomic mass is 9.98. The second-order valence-corrected chi connectivity index (χ2v) is 2.82. The first-order valence-corrected chi connectivity index (χ1v) is 3.52. The molecule has 0 aromatic carbocycles. The summed E-state index contributed by atoms with van der Waals surface area (Å²) in [6, 6.07) is 0. The molecule has 14 heavy (non-hydrogen) atoms. The molecule has 1 unspecified atom stereocenters. The van der Waals surface area contributed by atoms with Gasteiger partial charge in [0.1, 0.15) is 18.3 Å². The lowest BCUT2D eigenvalue weighted by Gasteiger charge is -2.40. The fraction of sp³-hybridized carbons (Fsp3) is 1.00. The number of hydrogen-bond donors (Lipinski definition) is 5. The number of aliphatic hydroxyl groups is 5. The number of hydrogen-bond acceptors (Lipinski definition) is 6. The Morgan fingerprint density at radius 1 is 1.21 bits per heavy atom. The molecule has 1 rings (SSSR count). The smallest absolute Gasteiger partial charge is 0.218 e. The van der Waals surface area contributed by atoms with E-state index in [1.54, 1.807) is 0 Å². The lowest BCUT2D eigenvalue weighted by Crippen LogP contribution is -2.62. The molecule has 0 aliphatic carbocycles. The zero-order chi connectivity index (χ0) is 9.35. The van der Waals surface area contributed by atoms with Crippen LogP contribution in [0.25, 0.3) is 0 Å². The van der Waals surface area contributed by atoms with Crippen molar-refractivity contribution in [2.45, 2.75) is 24.1 Å². The average Bonchev–Trinajstić information content (AvgIpc) is 2.09. The van der Waals surface area contributed by atoms with E-state index < -0.39 is 30.7 Å². The van der Waals surface area contributed by atoms with Crippen LogP contribution in [0.5, 0.6) is 0 Å². The topological polar surface area (TPSA) is 173 Å². The van der Waals surface area contributed by atoms with Crippen molar-refractivity contribution < 1.29 is 41.2 Å². The van der Waals surface area contributed by atoms with Gasteiger partial charge in [0.25, 0.3) is 0 Å². The van der Waals surface area contributed by atoms with Crippen molar-refractivity contribution in [3.63, 3.8) is 0 Å². The maximum atomic E-state index is 9.24. The molecule has 0 spiro atoms. The average molecular weight is 216 g/mol. The molecule has 0 aromatic heterocycles. The van der Waals surface area contributed by atoms with Crippen molar-refractivity contribution in [2.24, 2.45) is 0 Å². The van der Waals surface area contributed by atoms with Crippen molar-refractivity contribution in [3.05, 3.63) is 0 Å². The Hall–Kier alpha value is -0.320. The van der Waals surface area contributed by atoms with Gasteiger partial charge in [-0.05, 0) is 0 Å². The summed E-state index contributed by atoms with van der Waals surface area (Å²) in [6.45, 7) is -1.16. The second-order valence-electron chi connectivity index (χ2n) is 2.82. The van der Waals surface area contributed by atoms with Crippen molar-refractivity contribution in [2.75, 3.05) is 13.2 Å². The van der Waals surface area contributed by atoms with Gasteiger partial charge >= 0.3 is 0 Å². The molecule has 0 bridgehead atoms. The summed E-state index contributed by atoms with van der Waals surface area (Å²) in [4.78, 5) is 0. The third-order valence-corrected chi connectivity index (χ3v) is 1.91. The van der Waals surface area contributed by atoms with Gasteiger partial charge in [-0.25, -0.2) is 0 Å². The SMILES string of the molecule is O.O.OCC1(O)OC[C@@H](O)[C@H](O)[C@@H]1O. The highest BCUT2D eigenvalue weighted by atomic mass is 16.7. The van der Waals surface area contributed by atoms with E-state index in [-0.39, 0.29) is 17.6 Å². The quantitative estimate of drug-likeness (QED) is 0.293. The third kappa shape index (κ3) is 2.59. The molecule has 1 saturated heterocycles. The van der Waals surface area contributed by atoms with E-state index in [0.717, 1.165) is 0 Å². The number of aliphatic hydroxyl groups excluding tert-OH is 4. The molecule has 1 aliphatic heterocycles. The van der Waals surface area contributed by atoms with Crippen LogP contribution in [0, 0.1) is 0 Å². The molecule has 88 valence electrons. The van der Waals surface area contributed by atoms with Crippen molar-refractivity contribution in [1.29, 1.82) is 0 Å². The van der Waals surface area contributed by atoms with Gasteiger partial charge in [0.05, 0.1) is 13.2 Å². The van der Waals surface area contributed by atoms with Crippen molar-refractivity contribution in [3.8, 4) is 0 Å². The normalized spacial score (nSPS) is 42.2. The predicted molar refractivity (Wildman–Crippen MR) is 43.2 cm³/mol. The van der Waals surface area contributed by atoms with Crippen LogP contribution in [0.1, 0.15) is 0 Å². The van der Waals surface area contributed by atoms with Gasteiger partial charge in [0.2, 0.25) is 5.79 Å². The van der Waals surface area contributed by atoms with E-state index >= 15 is 0 Å².